The summed E-state index contributed by atoms with van der Waals surface area (Å²) in [5.74, 6) is 0.138. The lowest BCUT2D eigenvalue weighted by atomic mass is 10.0. The van der Waals surface area contributed by atoms with Crippen molar-refractivity contribution < 1.29 is 23.1 Å². The smallest absolute Gasteiger partial charge is 0.395 e. The van der Waals surface area contributed by atoms with Gasteiger partial charge in [-0.3, -0.25) is 14.8 Å². The number of hydrogen-bond donors (Lipinski definition) is 4. The number of rotatable bonds is 8. The Bertz CT molecular complexity index is 1580. The number of carbonyl (C=O) groups is 1. The van der Waals surface area contributed by atoms with E-state index in [2.05, 4.69) is 35.8 Å². The average molecular weight is 552 g/mol. The standard InChI is InChI=1S/C26H24F3N9O2/c1-14-3-4-17(35-25(40)21-10-16(13-34-38-21)26(27,28)29)11-18(14)19-12-22(33-7-8-39)37-24(36-19)15-5-6-32-20(9-15)23(30)31-2/h3-6,9-13,39H,7-8H2,1-2H3,(H2,30,31)(H,35,40)(H,33,36,37). The summed E-state index contributed by atoms with van der Waals surface area (Å²) in [6, 6.07) is 10.7. The van der Waals surface area contributed by atoms with Crippen molar-refractivity contribution in [1.82, 2.24) is 25.1 Å². The van der Waals surface area contributed by atoms with Crippen LogP contribution in [-0.4, -0.2) is 62.2 Å². The van der Waals surface area contributed by atoms with E-state index in [4.69, 9.17) is 10.7 Å². The minimum Gasteiger partial charge on any atom is -0.395 e. The minimum atomic E-state index is -4.67. The molecule has 0 aliphatic carbocycles. The van der Waals surface area contributed by atoms with Crippen molar-refractivity contribution in [2.45, 2.75) is 13.1 Å². The third-order valence-corrected chi connectivity index (χ3v) is 5.65. The number of aryl methyl sites for hydroxylation is 1. The zero-order chi connectivity index (χ0) is 28.9. The van der Waals surface area contributed by atoms with E-state index < -0.39 is 23.3 Å². The molecule has 1 amide bonds. The van der Waals surface area contributed by atoms with Gasteiger partial charge < -0.3 is 21.5 Å². The molecule has 0 saturated carbocycles. The molecule has 4 rings (SSSR count). The van der Waals surface area contributed by atoms with E-state index in [0.717, 1.165) is 5.56 Å². The van der Waals surface area contributed by atoms with Gasteiger partial charge in [-0.15, -0.1) is 5.10 Å². The summed E-state index contributed by atoms with van der Waals surface area (Å²) in [7, 11) is 1.55. The predicted octanol–water partition coefficient (Wildman–Crippen LogP) is 3.31. The molecule has 14 heteroatoms. The third kappa shape index (κ3) is 6.53. The molecule has 0 atom stereocenters. The number of nitrogens with zero attached hydrogens (tertiary/aromatic N) is 6. The Hall–Kier alpha value is -4.98. The summed E-state index contributed by atoms with van der Waals surface area (Å²) in [6.07, 6.45) is -2.57. The fourth-order valence-corrected chi connectivity index (χ4v) is 3.62. The number of aromatic nitrogens is 5. The summed E-state index contributed by atoms with van der Waals surface area (Å²) in [5.41, 5.74) is 7.59. The SMILES string of the molecule is CN=C(N)c1cc(-c2nc(NCCO)cc(-c3cc(NC(=O)c4cc(C(F)(F)F)cnn4)ccc3C)n2)ccn1. The number of hydrogen-bond acceptors (Lipinski definition) is 9. The van der Waals surface area contributed by atoms with E-state index in [-0.39, 0.29) is 19.0 Å². The van der Waals surface area contributed by atoms with Crippen LogP contribution in [0.4, 0.5) is 24.7 Å². The van der Waals surface area contributed by atoms with Crippen LogP contribution in [0.2, 0.25) is 0 Å². The number of nitrogens with two attached hydrogens (primary N) is 1. The first-order valence-corrected chi connectivity index (χ1v) is 11.8. The van der Waals surface area contributed by atoms with Crippen molar-refractivity contribution >= 4 is 23.2 Å². The fourth-order valence-electron chi connectivity index (χ4n) is 3.62. The molecule has 0 saturated heterocycles. The van der Waals surface area contributed by atoms with Crippen LogP contribution >= 0.6 is 0 Å². The number of aliphatic imine (C=N–C) groups is 1. The number of anilines is 2. The van der Waals surface area contributed by atoms with E-state index in [1.54, 1.807) is 49.6 Å². The van der Waals surface area contributed by atoms with Gasteiger partial charge in [0.15, 0.2) is 11.5 Å². The van der Waals surface area contributed by atoms with Crippen LogP contribution in [0.5, 0.6) is 0 Å². The van der Waals surface area contributed by atoms with Gasteiger partial charge in [-0.2, -0.15) is 18.3 Å². The highest BCUT2D eigenvalue weighted by atomic mass is 19.4. The predicted molar refractivity (Wildman–Crippen MR) is 143 cm³/mol. The second kappa shape index (κ2) is 11.8. The van der Waals surface area contributed by atoms with Gasteiger partial charge in [0.25, 0.3) is 5.91 Å². The molecule has 0 spiro atoms. The Morgan fingerprint density at radius 2 is 1.90 bits per heavy atom. The first kappa shape index (κ1) is 28.0. The van der Waals surface area contributed by atoms with Crippen LogP contribution in [0.25, 0.3) is 22.6 Å². The van der Waals surface area contributed by atoms with Crippen molar-refractivity contribution in [3.05, 3.63) is 77.4 Å². The lowest BCUT2D eigenvalue weighted by Crippen LogP contribution is -2.16. The van der Waals surface area contributed by atoms with E-state index in [0.29, 0.717) is 52.1 Å². The van der Waals surface area contributed by atoms with E-state index in [1.807, 2.05) is 6.92 Å². The summed E-state index contributed by atoms with van der Waals surface area (Å²) >= 11 is 0. The highest BCUT2D eigenvalue weighted by Crippen LogP contribution is 2.30. The largest absolute Gasteiger partial charge is 0.418 e. The molecular weight excluding hydrogens is 527 g/mol. The van der Waals surface area contributed by atoms with Crippen LogP contribution in [0.1, 0.15) is 27.3 Å². The van der Waals surface area contributed by atoms with Gasteiger partial charge in [0, 0.05) is 42.7 Å². The number of nitrogens with one attached hydrogen (secondary N) is 2. The van der Waals surface area contributed by atoms with E-state index in [1.165, 1.54) is 0 Å². The Morgan fingerprint density at radius 3 is 2.62 bits per heavy atom. The molecule has 0 aliphatic heterocycles. The maximum absolute atomic E-state index is 13.0. The van der Waals surface area contributed by atoms with Crippen molar-refractivity contribution in [3.63, 3.8) is 0 Å². The van der Waals surface area contributed by atoms with Crippen LogP contribution in [0, 0.1) is 6.92 Å². The normalized spacial score (nSPS) is 11.8. The van der Waals surface area contributed by atoms with Gasteiger partial charge in [-0.1, -0.05) is 6.07 Å². The molecular formula is C26H24F3N9O2. The number of amidine groups is 1. The quantitative estimate of drug-likeness (QED) is 0.190. The van der Waals surface area contributed by atoms with Crippen molar-refractivity contribution in [1.29, 1.82) is 0 Å². The molecule has 1 aromatic carbocycles. The zero-order valence-corrected chi connectivity index (χ0v) is 21.4. The van der Waals surface area contributed by atoms with Crippen LogP contribution in [0.15, 0.2) is 59.9 Å². The summed E-state index contributed by atoms with van der Waals surface area (Å²) in [4.78, 5) is 30.1. The van der Waals surface area contributed by atoms with E-state index in [9.17, 15) is 23.1 Å². The topological polar surface area (TPSA) is 164 Å². The Kier molecular flexibility index (Phi) is 8.29. The van der Waals surface area contributed by atoms with Gasteiger partial charge in [0.05, 0.1) is 24.1 Å². The number of benzene rings is 1. The van der Waals surface area contributed by atoms with Crippen molar-refractivity contribution in [3.8, 4) is 22.6 Å². The number of pyridine rings is 1. The molecule has 5 N–H and O–H groups in total. The number of amides is 1. The summed E-state index contributed by atoms with van der Waals surface area (Å²) in [6.45, 7) is 1.95. The monoisotopic (exact) mass is 551 g/mol. The van der Waals surface area contributed by atoms with Gasteiger partial charge in [0.1, 0.15) is 17.3 Å². The Morgan fingerprint density at radius 1 is 1.10 bits per heavy atom. The minimum absolute atomic E-state index is 0.128. The second-order valence-corrected chi connectivity index (χ2v) is 8.46. The second-order valence-electron chi connectivity index (χ2n) is 8.46. The molecule has 40 heavy (non-hydrogen) atoms. The van der Waals surface area contributed by atoms with E-state index >= 15 is 0 Å². The van der Waals surface area contributed by atoms with Crippen LogP contribution in [0.3, 0.4) is 0 Å². The third-order valence-electron chi connectivity index (χ3n) is 5.65. The first-order chi connectivity index (χ1) is 19.1. The maximum Gasteiger partial charge on any atom is 0.418 e. The fraction of sp³-hybridized carbons (Fsp3) is 0.192. The average Bonchev–Trinajstić information content (AvgIpc) is 2.96. The number of carbonyl (C=O) groups excluding carboxylic acids is 1. The lowest BCUT2D eigenvalue weighted by molar-refractivity contribution is -0.137. The molecule has 0 fully saturated rings. The number of aliphatic hydroxyl groups excluding tert-OH is 1. The number of halogens is 3. The van der Waals surface area contributed by atoms with Gasteiger partial charge in [-0.05, 0) is 42.8 Å². The molecule has 0 radical (unpaired) electrons. The lowest BCUT2D eigenvalue weighted by Gasteiger charge is -2.13. The molecule has 0 unspecified atom stereocenters. The maximum atomic E-state index is 13.0. The zero-order valence-electron chi connectivity index (χ0n) is 21.4. The number of alkyl halides is 3. The Labute approximate surface area is 226 Å². The van der Waals surface area contributed by atoms with Gasteiger partial charge in [-0.25, -0.2) is 9.97 Å². The molecule has 0 bridgehead atoms. The van der Waals surface area contributed by atoms with Crippen molar-refractivity contribution in [2.24, 2.45) is 10.7 Å². The van der Waals surface area contributed by atoms with Gasteiger partial charge >= 0.3 is 6.18 Å². The molecule has 206 valence electrons. The Balaban J connectivity index is 1.72. The van der Waals surface area contributed by atoms with Gasteiger partial charge in [0.2, 0.25) is 0 Å². The van der Waals surface area contributed by atoms with Crippen LogP contribution in [-0.2, 0) is 6.18 Å². The molecule has 3 heterocycles. The molecule has 0 aliphatic rings. The highest BCUT2D eigenvalue weighted by Gasteiger charge is 2.32. The molecule has 11 nitrogen and oxygen atoms in total. The molecule has 4 aromatic rings. The highest BCUT2D eigenvalue weighted by molar-refractivity contribution is 6.03. The number of aliphatic hydroxyl groups is 1. The summed E-state index contributed by atoms with van der Waals surface area (Å²) in [5, 5.41) is 21.7. The molecule has 3 aromatic heterocycles. The summed E-state index contributed by atoms with van der Waals surface area (Å²) < 4.78 is 39.1. The van der Waals surface area contributed by atoms with Crippen LogP contribution < -0.4 is 16.4 Å². The first-order valence-electron chi connectivity index (χ1n) is 11.8. The van der Waals surface area contributed by atoms with Crippen molar-refractivity contribution in [2.75, 3.05) is 30.8 Å².